The number of nitrogens with zero attached hydrogens (tertiary/aromatic N) is 3. The van der Waals surface area contributed by atoms with Crippen molar-refractivity contribution in [2.75, 3.05) is 33.0 Å². The number of ether oxygens (including phenoxy) is 1. The van der Waals surface area contributed by atoms with Crippen LogP contribution in [0.2, 0.25) is 0 Å². The quantitative estimate of drug-likeness (QED) is 0.742. The summed E-state index contributed by atoms with van der Waals surface area (Å²) in [5, 5.41) is 0. The molecule has 1 rings (SSSR count). The molecule has 0 unspecified atom stereocenters. The van der Waals surface area contributed by atoms with E-state index in [-0.39, 0.29) is 11.6 Å². The van der Waals surface area contributed by atoms with Gasteiger partial charge >= 0.3 is 0 Å². The summed E-state index contributed by atoms with van der Waals surface area (Å²) in [6, 6.07) is 0. The van der Waals surface area contributed by atoms with Gasteiger partial charge < -0.3 is 15.4 Å². The highest BCUT2D eigenvalue weighted by Gasteiger charge is 2.12. The van der Waals surface area contributed by atoms with Gasteiger partial charge in [0.25, 0.3) is 5.91 Å². The number of amides is 1. The maximum Gasteiger partial charge on any atom is 0.273 e. The van der Waals surface area contributed by atoms with Gasteiger partial charge in [0.2, 0.25) is 0 Å². The molecule has 6 nitrogen and oxygen atoms in total. The molecule has 0 radical (unpaired) electrons. The second-order valence-electron chi connectivity index (χ2n) is 3.05. The summed E-state index contributed by atoms with van der Waals surface area (Å²) in [4.78, 5) is 20.9. The summed E-state index contributed by atoms with van der Waals surface area (Å²) in [5.41, 5.74) is 5.64. The molecule has 0 aliphatic heterocycles. The lowest BCUT2D eigenvalue weighted by Crippen LogP contribution is -2.30. The lowest BCUT2D eigenvalue weighted by atomic mass is 10.4. The minimum absolute atomic E-state index is 0.195. The van der Waals surface area contributed by atoms with E-state index >= 15 is 0 Å². The van der Waals surface area contributed by atoms with Gasteiger partial charge in [0.05, 0.1) is 19.0 Å². The van der Waals surface area contributed by atoms with Crippen molar-refractivity contribution in [3.05, 3.63) is 18.1 Å². The maximum atomic E-state index is 11.7. The van der Waals surface area contributed by atoms with Gasteiger partial charge in [-0.25, -0.2) is 9.97 Å². The van der Waals surface area contributed by atoms with E-state index in [1.807, 2.05) is 0 Å². The second kappa shape index (κ2) is 5.26. The Morgan fingerprint density at radius 1 is 1.53 bits per heavy atom. The Balaban J connectivity index is 2.63. The molecule has 2 N–H and O–H groups in total. The minimum Gasteiger partial charge on any atom is -0.383 e. The van der Waals surface area contributed by atoms with Gasteiger partial charge in [-0.1, -0.05) is 0 Å². The third-order valence-corrected chi connectivity index (χ3v) is 1.87. The van der Waals surface area contributed by atoms with Gasteiger partial charge in [0.1, 0.15) is 11.5 Å². The van der Waals surface area contributed by atoms with Crippen LogP contribution in [0.25, 0.3) is 0 Å². The van der Waals surface area contributed by atoms with Crippen molar-refractivity contribution in [3.8, 4) is 0 Å². The molecule has 0 saturated carbocycles. The van der Waals surface area contributed by atoms with Gasteiger partial charge in [0, 0.05) is 20.7 Å². The maximum absolute atomic E-state index is 11.7. The number of hydrogen-bond acceptors (Lipinski definition) is 5. The van der Waals surface area contributed by atoms with E-state index in [1.165, 1.54) is 17.3 Å². The lowest BCUT2D eigenvalue weighted by molar-refractivity contribution is 0.0738. The molecule has 0 spiro atoms. The molecule has 0 aromatic carbocycles. The standard InChI is InChI=1S/C9H14N4O2/c1-13(3-4-15-2)9(14)7-5-12-8(10)6-11-7/h5-6H,3-4H2,1-2H3,(H2,10,12). The van der Waals surface area contributed by atoms with Crippen LogP contribution in [0.1, 0.15) is 10.5 Å². The molecule has 0 aliphatic rings. The van der Waals surface area contributed by atoms with Gasteiger partial charge in [0.15, 0.2) is 0 Å². The number of likely N-dealkylation sites (N-methyl/N-ethyl adjacent to an activating group) is 1. The fourth-order valence-electron chi connectivity index (χ4n) is 0.974. The van der Waals surface area contributed by atoms with Crippen molar-refractivity contribution >= 4 is 11.7 Å². The average Bonchev–Trinajstić information content (AvgIpc) is 2.26. The van der Waals surface area contributed by atoms with Gasteiger partial charge in [-0.2, -0.15) is 0 Å². The topological polar surface area (TPSA) is 81.3 Å². The first-order valence-electron chi connectivity index (χ1n) is 4.47. The zero-order valence-electron chi connectivity index (χ0n) is 8.80. The Morgan fingerprint density at radius 2 is 2.27 bits per heavy atom. The molecule has 15 heavy (non-hydrogen) atoms. The highest BCUT2D eigenvalue weighted by Crippen LogP contribution is 2.00. The first-order valence-corrected chi connectivity index (χ1v) is 4.47. The monoisotopic (exact) mass is 210 g/mol. The molecule has 1 aromatic rings. The van der Waals surface area contributed by atoms with Crippen LogP contribution in [0, 0.1) is 0 Å². The van der Waals surface area contributed by atoms with E-state index in [1.54, 1.807) is 14.2 Å². The molecule has 0 bridgehead atoms. The number of rotatable bonds is 4. The SMILES string of the molecule is COCCN(C)C(=O)c1cnc(N)cn1. The van der Waals surface area contributed by atoms with Crippen LogP contribution in [0.15, 0.2) is 12.4 Å². The zero-order chi connectivity index (χ0) is 11.3. The van der Waals surface area contributed by atoms with Crippen molar-refractivity contribution in [1.29, 1.82) is 0 Å². The van der Waals surface area contributed by atoms with E-state index in [9.17, 15) is 4.79 Å². The fourth-order valence-corrected chi connectivity index (χ4v) is 0.974. The molecular weight excluding hydrogens is 196 g/mol. The highest BCUT2D eigenvalue weighted by molar-refractivity contribution is 5.91. The number of nitrogen functional groups attached to an aromatic ring is 1. The Kier molecular flexibility index (Phi) is 3.99. The number of anilines is 1. The Labute approximate surface area is 88.1 Å². The first kappa shape index (κ1) is 11.4. The van der Waals surface area contributed by atoms with Gasteiger partial charge in [-0.15, -0.1) is 0 Å². The summed E-state index contributed by atoms with van der Waals surface area (Å²) in [5.74, 6) is 0.102. The van der Waals surface area contributed by atoms with Crippen LogP contribution in [-0.4, -0.2) is 48.1 Å². The number of nitrogens with two attached hydrogens (primary N) is 1. The first-order chi connectivity index (χ1) is 7.15. The molecule has 1 heterocycles. The number of hydrogen-bond donors (Lipinski definition) is 1. The van der Waals surface area contributed by atoms with Crippen molar-refractivity contribution in [2.24, 2.45) is 0 Å². The minimum atomic E-state index is -0.195. The van der Waals surface area contributed by atoms with Crippen LogP contribution in [-0.2, 0) is 4.74 Å². The van der Waals surface area contributed by atoms with Crippen LogP contribution >= 0.6 is 0 Å². The Hall–Kier alpha value is -1.69. The van der Waals surface area contributed by atoms with Gasteiger partial charge in [-0.3, -0.25) is 4.79 Å². The van der Waals surface area contributed by atoms with Crippen molar-refractivity contribution < 1.29 is 9.53 Å². The summed E-state index contributed by atoms with van der Waals surface area (Å²) in [6.45, 7) is 1.01. The number of carbonyl (C=O) groups excluding carboxylic acids is 1. The van der Waals surface area contributed by atoms with Crippen LogP contribution in [0.3, 0.4) is 0 Å². The van der Waals surface area contributed by atoms with Crippen molar-refractivity contribution in [3.63, 3.8) is 0 Å². The predicted octanol–water partition coefficient (Wildman–Crippen LogP) is -0.223. The molecule has 0 fully saturated rings. The highest BCUT2D eigenvalue weighted by atomic mass is 16.5. The molecule has 0 atom stereocenters. The van der Waals surface area contributed by atoms with Crippen LogP contribution in [0.5, 0.6) is 0 Å². The second-order valence-corrected chi connectivity index (χ2v) is 3.05. The molecule has 1 aromatic heterocycles. The molecule has 1 amide bonds. The average molecular weight is 210 g/mol. The van der Waals surface area contributed by atoms with Crippen LogP contribution in [0.4, 0.5) is 5.82 Å². The van der Waals surface area contributed by atoms with Gasteiger partial charge in [-0.05, 0) is 0 Å². The number of carbonyl (C=O) groups is 1. The molecule has 82 valence electrons. The normalized spacial score (nSPS) is 10.0. The molecule has 6 heteroatoms. The third kappa shape index (κ3) is 3.17. The molecule has 0 aliphatic carbocycles. The van der Waals surface area contributed by atoms with E-state index in [0.29, 0.717) is 19.0 Å². The van der Waals surface area contributed by atoms with Crippen LogP contribution < -0.4 is 5.73 Å². The summed E-state index contributed by atoms with van der Waals surface area (Å²) >= 11 is 0. The van der Waals surface area contributed by atoms with E-state index in [4.69, 9.17) is 10.5 Å². The van der Waals surface area contributed by atoms with E-state index in [0.717, 1.165) is 0 Å². The summed E-state index contributed by atoms with van der Waals surface area (Å²) in [7, 11) is 3.26. The van der Waals surface area contributed by atoms with E-state index < -0.39 is 0 Å². The summed E-state index contributed by atoms with van der Waals surface area (Å²) in [6.07, 6.45) is 2.72. The smallest absolute Gasteiger partial charge is 0.273 e. The fraction of sp³-hybridized carbons (Fsp3) is 0.444. The van der Waals surface area contributed by atoms with E-state index in [2.05, 4.69) is 9.97 Å². The predicted molar refractivity (Wildman–Crippen MR) is 55.3 cm³/mol. The zero-order valence-corrected chi connectivity index (χ0v) is 8.80. The lowest BCUT2D eigenvalue weighted by Gasteiger charge is -2.15. The summed E-state index contributed by atoms with van der Waals surface area (Å²) < 4.78 is 4.87. The van der Waals surface area contributed by atoms with Crippen molar-refractivity contribution in [2.45, 2.75) is 0 Å². The molecule has 0 saturated heterocycles. The van der Waals surface area contributed by atoms with Crippen molar-refractivity contribution in [1.82, 2.24) is 14.9 Å². The largest absolute Gasteiger partial charge is 0.383 e. The number of aromatic nitrogens is 2. The Morgan fingerprint density at radius 3 is 2.80 bits per heavy atom. The third-order valence-electron chi connectivity index (χ3n) is 1.87. The molecular formula is C9H14N4O2. The Bertz CT molecular complexity index is 325. The number of methoxy groups -OCH3 is 1.